The highest BCUT2D eigenvalue weighted by atomic mass is 35.5. The van der Waals surface area contributed by atoms with Crippen LogP contribution in [0.5, 0.6) is 0 Å². The van der Waals surface area contributed by atoms with Gasteiger partial charge in [-0.25, -0.2) is 15.0 Å². The first-order valence-corrected chi connectivity index (χ1v) is 8.10. The van der Waals surface area contributed by atoms with E-state index in [9.17, 15) is 0 Å². The van der Waals surface area contributed by atoms with E-state index in [1.54, 1.807) is 11.3 Å². The number of aryl methyl sites for hydroxylation is 1. The fourth-order valence-corrected chi connectivity index (χ4v) is 2.97. The number of hydrogen-bond donors (Lipinski definition) is 1. The molecule has 0 atom stereocenters. The van der Waals surface area contributed by atoms with Crippen molar-refractivity contribution in [3.8, 4) is 0 Å². The van der Waals surface area contributed by atoms with Crippen LogP contribution < -0.4 is 5.32 Å². The maximum Gasteiger partial charge on any atom is 0.138 e. The van der Waals surface area contributed by atoms with Crippen molar-refractivity contribution < 1.29 is 0 Å². The van der Waals surface area contributed by atoms with Crippen molar-refractivity contribution in [1.82, 2.24) is 15.0 Å². The minimum atomic E-state index is 0.523. The summed E-state index contributed by atoms with van der Waals surface area (Å²) in [5.41, 5.74) is 1.15. The smallest absolute Gasteiger partial charge is 0.138 e. The third kappa shape index (κ3) is 3.31. The van der Waals surface area contributed by atoms with Gasteiger partial charge in [0.1, 0.15) is 21.6 Å². The van der Waals surface area contributed by atoms with Crippen molar-refractivity contribution in [3.05, 3.63) is 46.3 Å². The molecule has 0 radical (unpaired) electrons. The number of hydrogen-bond acceptors (Lipinski definition) is 5. The number of rotatable bonds is 5. The van der Waals surface area contributed by atoms with E-state index in [4.69, 9.17) is 11.6 Å². The van der Waals surface area contributed by atoms with Gasteiger partial charge in [-0.15, -0.1) is 11.3 Å². The van der Waals surface area contributed by atoms with E-state index in [1.807, 2.05) is 23.7 Å². The van der Waals surface area contributed by atoms with Crippen LogP contribution in [0, 0.1) is 0 Å². The van der Waals surface area contributed by atoms with Crippen molar-refractivity contribution >= 4 is 39.0 Å². The molecular formula is C15H15ClN4S. The van der Waals surface area contributed by atoms with E-state index in [1.165, 1.54) is 0 Å². The lowest BCUT2D eigenvalue weighted by Crippen LogP contribution is -2.08. The Morgan fingerprint density at radius 3 is 2.90 bits per heavy atom. The van der Waals surface area contributed by atoms with Crippen LogP contribution in [0.1, 0.15) is 18.3 Å². The number of nitrogens with zero attached hydrogens (tertiary/aromatic N) is 3. The molecule has 0 fully saturated rings. The van der Waals surface area contributed by atoms with Crippen molar-refractivity contribution in [3.63, 3.8) is 0 Å². The molecule has 0 amide bonds. The number of pyridine rings is 1. The summed E-state index contributed by atoms with van der Waals surface area (Å²) < 4.78 is 0. The normalized spacial score (nSPS) is 11.0. The Bertz CT molecular complexity index is 739. The predicted molar refractivity (Wildman–Crippen MR) is 88.2 cm³/mol. The second kappa shape index (κ2) is 6.37. The highest BCUT2D eigenvalue weighted by Gasteiger charge is 2.07. The average molecular weight is 319 g/mol. The Kier molecular flexibility index (Phi) is 4.31. The SMILES string of the molecule is CCc1nc(NCCc2ccc(Cl)nc2)c2ccsc2n1. The summed E-state index contributed by atoms with van der Waals surface area (Å²) >= 11 is 7.43. The lowest BCUT2D eigenvalue weighted by atomic mass is 10.2. The van der Waals surface area contributed by atoms with E-state index < -0.39 is 0 Å². The highest BCUT2D eigenvalue weighted by molar-refractivity contribution is 7.16. The van der Waals surface area contributed by atoms with Crippen molar-refractivity contribution in [2.45, 2.75) is 19.8 Å². The second-order valence-electron chi connectivity index (χ2n) is 4.65. The van der Waals surface area contributed by atoms with Gasteiger partial charge in [-0.05, 0) is 29.5 Å². The number of nitrogens with one attached hydrogen (secondary N) is 1. The maximum absolute atomic E-state index is 5.79. The summed E-state index contributed by atoms with van der Waals surface area (Å²) in [6, 6.07) is 5.87. The fraction of sp³-hybridized carbons (Fsp3) is 0.267. The summed E-state index contributed by atoms with van der Waals surface area (Å²) in [7, 11) is 0. The number of halogens is 1. The zero-order valence-corrected chi connectivity index (χ0v) is 13.2. The van der Waals surface area contributed by atoms with E-state index in [0.29, 0.717) is 5.15 Å². The standard InChI is InChI=1S/C15H15ClN4S/c1-2-13-19-14(11-6-8-21-15(11)20-13)17-7-5-10-3-4-12(16)18-9-10/h3-4,6,8-9H,2,5,7H2,1H3,(H,17,19,20). The quantitative estimate of drug-likeness (QED) is 0.723. The van der Waals surface area contributed by atoms with Crippen LogP contribution in [-0.2, 0) is 12.8 Å². The second-order valence-corrected chi connectivity index (χ2v) is 5.93. The van der Waals surface area contributed by atoms with Crippen molar-refractivity contribution in [2.75, 3.05) is 11.9 Å². The summed E-state index contributed by atoms with van der Waals surface area (Å²) in [6.45, 7) is 2.87. The van der Waals surface area contributed by atoms with Gasteiger partial charge in [-0.3, -0.25) is 0 Å². The molecule has 0 saturated heterocycles. The van der Waals surface area contributed by atoms with E-state index in [0.717, 1.165) is 46.8 Å². The molecule has 0 unspecified atom stereocenters. The lowest BCUT2D eigenvalue weighted by Gasteiger charge is -2.08. The molecule has 3 rings (SSSR count). The molecule has 0 saturated carbocycles. The summed E-state index contributed by atoms with van der Waals surface area (Å²) in [4.78, 5) is 14.2. The van der Waals surface area contributed by atoms with Crippen molar-refractivity contribution in [1.29, 1.82) is 0 Å². The zero-order valence-electron chi connectivity index (χ0n) is 11.6. The van der Waals surface area contributed by atoms with Gasteiger partial charge in [0.05, 0.1) is 5.39 Å². The Labute approximate surface area is 132 Å². The van der Waals surface area contributed by atoms with Gasteiger partial charge >= 0.3 is 0 Å². The first-order valence-electron chi connectivity index (χ1n) is 6.84. The van der Waals surface area contributed by atoms with Crippen molar-refractivity contribution in [2.24, 2.45) is 0 Å². The van der Waals surface area contributed by atoms with Crippen LogP contribution in [-0.4, -0.2) is 21.5 Å². The number of aromatic nitrogens is 3. The molecule has 4 nitrogen and oxygen atoms in total. The Morgan fingerprint density at radius 2 is 2.14 bits per heavy atom. The molecule has 108 valence electrons. The van der Waals surface area contributed by atoms with Gasteiger partial charge in [0.2, 0.25) is 0 Å². The summed E-state index contributed by atoms with van der Waals surface area (Å²) in [5.74, 6) is 1.79. The molecule has 3 aromatic heterocycles. The van der Waals surface area contributed by atoms with Crippen LogP contribution in [0.2, 0.25) is 5.15 Å². The number of fused-ring (bicyclic) bond motifs is 1. The van der Waals surface area contributed by atoms with E-state index >= 15 is 0 Å². The Hall–Kier alpha value is -1.72. The molecule has 3 heterocycles. The molecule has 0 spiro atoms. The molecule has 0 aliphatic heterocycles. The fourth-order valence-electron chi connectivity index (χ4n) is 2.07. The Balaban J connectivity index is 1.72. The first-order chi connectivity index (χ1) is 10.3. The van der Waals surface area contributed by atoms with Gasteiger partial charge in [0.15, 0.2) is 0 Å². The minimum Gasteiger partial charge on any atom is -0.369 e. The average Bonchev–Trinajstić information content (AvgIpc) is 2.97. The molecule has 6 heteroatoms. The molecular weight excluding hydrogens is 304 g/mol. The van der Waals surface area contributed by atoms with Gasteiger partial charge in [0.25, 0.3) is 0 Å². The van der Waals surface area contributed by atoms with Crippen LogP contribution >= 0.6 is 22.9 Å². The number of anilines is 1. The van der Waals surface area contributed by atoms with Crippen LogP contribution in [0.4, 0.5) is 5.82 Å². The topological polar surface area (TPSA) is 50.7 Å². The lowest BCUT2D eigenvalue weighted by molar-refractivity contribution is 0.944. The highest BCUT2D eigenvalue weighted by Crippen LogP contribution is 2.25. The van der Waals surface area contributed by atoms with Gasteiger partial charge in [-0.1, -0.05) is 24.6 Å². The molecule has 3 aromatic rings. The molecule has 0 aromatic carbocycles. The third-order valence-electron chi connectivity index (χ3n) is 3.18. The van der Waals surface area contributed by atoms with Crippen LogP contribution in [0.3, 0.4) is 0 Å². The van der Waals surface area contributed by atoms with E-state index in [2.05, 4.69) is 33.3 Å². The predicted octanol–water partition coefficient (Wildman–Crippen LogP) is 3.96. The zero-order chi connectivity index (χ0) is 14.7. The molecule has 1 N–H and O–H groups in total. The maximum atomic E-state index is 5.79. The third-order valence-corrected chi connectivity index (χ3v) is 4.21. The van der Waals surface area contributed by atoms with E-state index in [-0.39, 0.29) is 0 Å². The largest absolute Gasteiger partial charge is 0.369 e. The molecule has 0 bridgehead atoms. The number of thiophene rings is 1. The van der Waals surface area contributed by atoms with Gasteiger partial charge in [0, 0.05) is 19.2 Å². The summed E-state index contributed by atoms with van der Waals surface area (Å²) in [6.07, 6.45) is 3.52. The van der Waals surface area contributed by atoms with Gasteiger partial charge < -0.3 is 5.32 Å². The van der Waals surface area contributed by atoms with Crippen LogP contribution in [0.25, 0.3) is 10.2 Å². The summed E-state index contributed by atoms with van der Waals surface area (Å²) in [5, 5.41) is 7.07. The molecule has 21 heavy (non-hydrogen) atoms. The first kappa shape index (κ1) is 14.2. The Morgan fingerprint density at radius 1 is 1.24 bits per heavy atom. The minimum absolute atomic E-state index is 0.523. The molecule has 0 aliphatic carbocycles. The van der Waals surface area contributed by atoms with Gasteiger partial charge in [-0.2, -0.15) is 0 Å². The molecule has 0 aliphatic rings. The van der Waals surface area contributed by atoms with Crippen LogP contribution in [0.15, 0.2) is 29.8 Å². The monoisotopic (exact) mass is 318 g/mol.